The lowest BCUT2D eigenvalue weighted by Crippen LogP contribution is -2.32. The molecule has 0 spiro atoms. The molecule has 1 aliphatic heterocycles. The topological polar surface area (TPSA) is 71.8 Å². The average molecular weight is 271 g/mol. The number of aromatic nitrogens is 3. The minimum Gasteiger partial charge on any atom is -0.324 e. The summed E-state index contributed by atoms with van der Waals surface area (Å²) in [5, 5.41) is 10.3. The molecule has 1 fully saturated rings. The van der Waals surface area contributed by atoms with Crippen molar-refractivity contribution in [3.8, 4) is 5.82 Å². The molecule has 0 aliphatic carbocycles. The first-order valence-corrected chi connectivity index (χ1v) is 6.74. The Balaban J connectivity index is 1.68. The summed E-state index contributed by atoms with van der Waals surface area (Å²) in [4.78, 5) is 16.4. The van der Waals surface area contributed by atoms with E-state index in [0.29, 0.717) is 5.69 Å². The number of hydrogen-bond donors (Lipinski definition) is 2. The Bertz CT molecular complexity index is 578. The molecule has 2 aromatic rings. The van der Waals surface area contributed by atoms with Crippen molar-refractivity contribution in [2.24, 2.45) is 5.92 Å². The second-order valence-electron chi connectivity index (χ2n) is 4.98. The largest absolute Gasteiger partial charge is 0.324 e. The first-order chi connectivity index (χ1) is 9.74. The van der Waals surface area contributed by atoms with Crippen molar-refractivity contribution >= 4 is 11.6 Å². The van der Waals surface area contributed by atoms with Gasteiger partial charge in [0.05, 0.1) is 17.8 Å². The van der Waals surface area contributed by atoms with Crippen molar-refractivity contribution in [3.05, 3.63) is 36.8 Å². The number of pyridine rings is 1. The van der Waals surface area contributed by atoms with Gasteiger partial charge in [-0.25, -0.2) is 9.67 Å². The summed E-state index contributed by atoms with van der Waals surface area (Å²) >= 11 is 0. The molecular formula is C14H17N5O. The van der Waals surface area contributed by atoms with E-state index in [-0.39, 0.29) is 17.9 Å². The molecule has 6 heteroatoms. The van der Waals surface area contributed by atoms with Crippen molar-refractivity contribution in [1.29, 1.82) is 0 Å². The normalized spacial score (nSPS) is 21.9. The quantitative estimate of drug-likeness (QED) is 0.880. The van der Waals surface area contributed by atoms with Crippen molar-refractivity contribution in [2.45, 2.75) is 19.4 Å². The van der Waals surface area contributed by atoms with Crippen LogP contribution < -0.4 is 10.6 Å². The Morgan fingerprint density at radius 1 is 1.50 bits per heavy atom. The third kappa shape index (κ3) is 2.55. The van der Waals surface area contributed by atoms with Gasteiger partial charge in [0.1, 0.15) is 0 Å². The summed E-state index contributed by atoms with van der Waals surface area (Å²) in [5.41, 5.74) is 0.713. The highest BCUT2D eigenvalue weighted by atomic mass is 16.1. The van der Waals surface area contributed by atoms with E-state index in [1.807, 2.05) is 31.3 Å². The van der Waals surface area contributed by atoms with Gasteiger partial charge in [0, 0.05) is 18.4 Å². The monoisotopic (exact) mass is 271 g/mol. The fourth-order valence-electron chi connectivity index (χ4n) is 2.45. The van der Waals surface area contributed by atoms with E-state index >= 15 is 0 Å². The van der Waals surface area contributed by atoms with Gasteiger partial charge in [0.25, 0.3) is 0 Å². The molecule has 3 rings (SSSR count). The standard InChI is InChI=1S/C14H17N5O/c1-10-12(5-7-15-10)14(20)18-11-3-4-13(16-9-11)19-8-2-6-17-19/h2-4,6,8-10,12,15H,5,7H2,1H3,(H,18,20). The molecule has 0 saturated carbocycles. The van der Waals surface area contributed by atoms with Gasteiger partial charge in [-0.3, -0.25) is 4.79 Å². The SMILES string of the molecule is CC1NCCC1C(=O)Nc1ccc(-n2cccn2)nc1. The molecule has 1 amide bonds. The Morgan fingerprint density at radius 3 is 3.00 bits per heavy atom. The lowest BCUT2D eigenvalue weighted by molar-refractivity contribution is -0.120. The molecular weight excluding hydrogens is 254 g/mol. The number of carbonyl (C=O) groups excluding carboxylic acids is 1. The van der Waals surface area contributed by atoms with Crippen molar-refractivity contribution in [2.75, 3.05) is 11.9 Å². The zero-order valence-electron chi connectivity index (χ0n) is 11.3. The van der Waals surface area contributed by atoms with Crippen molar-refractivity contribution in [1.82, 2.24) is 20.1 Å². The smallest absolute Gasteiger partial charge is 0.229 e. The van der Waals surface area contributed by atoms with E-state index < -0.39 is 0 Å². The molecule has 1 saturated heterocycles. The molecule has 6 nitrogen and oxygen atoms in total. The van der Waals surface area contributed by atoms with E-state index in [9.17, 15) is 4.79 Å². The molecule has 0 bridgehead atoms. The van der Waals surface area contributed by atoms with Crippen LogP contribution in [0.3, 0.4) is 0 Å². The number of amides is 1. The van der Waals surface area contributed by atoms with Crippen LogP contribution in [0.5, 0.6) is 0 Å². The third-order valence-electron chi connectivity index (χ3n) is 3.62. The van der Waals surface area contributed by atoms with Crippen LogP contribution in [0.15, 0.2) is 36.8 Å². The Labute approximate surface area is 117 Å². The lowest BCUT2D eigenvalue weighted by Gasteiger charge is -2.14. The van der Waals surface area contributed by atoms with Crippen LogP contribution >= 0.6 is 0 Å². The van der Waals surface area contributed by atoms with Crippen LogP contribution in [-0.4, -0.2) is 33.3 Å². The summed E-state index contributed by atoms with van der Waals surface area (Å²) in [6.45, 7) is 2.94. The average Bonchev–Trinajstić information content (AvgIpc) is 3.10. The Kier molecular flexibility index (Phi) is 3.47. The molecule has 1 aliphatic rings. The highest BCUT2D eigenvalue weighted by Gasteiger charge is 2.29. The van der Waals surface area contributed by atoms with Gasteiger partial charge in [-0.1, -0.05) is 0 Å². The van der Waals surface area contributed by atoms with Gasteiger partial charge in [0.15, 0.2) is 5.82 Å². The van der Waals surface area contributed by atoms with Gasteiger partial charge >= 0.3 is 0 Å². The molecule has 3 heterocycles. The predicted molar refractivity (Wildman–Crippen MR) is 75.6 cm³/mol. The number of nitrogens with one attached hydrogen (secondary N) is 2. The minimum absolute atomic E-state index is 0.0285. The van der Waals surface area contributed by atoms with E-state index in [1.54, 1.807) is 17.1 Å². The van der Waals surface area contributed by atoms with Gasteiger partial charge in [-0.05, 0) is 38.1 Å². The van der Waals surface area contributed by atoms with Crippen LogP contribution in [0.1, 0.15) is 13.3 Å². The van der Waals surface area contributed by atoms with Crippen molar-refractivity contribution in [3.63, 3.8) is 0 Å². The summed E-state index contributed by atoms with van der Waals surface area (Å²) in [5.74, 6) is 0.806. The van der Waals surface area contributed by atoms with E-state index in [1.165, 1.54) is 0 Å². The maximum Gasteiger partial charge on any atom is 0.229 e. The Morgan fingerprint density at radius 2 is 2.40 bits per heavy atom. The molecule has 104 valence electrons. The molecule has 2 aromatic heterocycles. The van der Waals surface area contributed by atoms with Crippen LogP contribution in [0.2, 0.25) is 0 Å². The number of carbonyl (C=O) groups is 1. The lowest BCUT2D eigenvalue weighted by atomic mass is 10.0. The zero-order chi connectivity index (χ0) is 13.9. The number of anilines is 1. The summed E-state index contributed by atoms with van der Waals surface area (Å²) in [6.07, 6.45) is 6.06. The first kappa shape index (κ1) is 12.8. The molecule has 2 N–H and O–H groups in total. The molecule has 0 radical (unpaired) electrons. The fourth-order valence-corrected chi connectivity index (χ4v) is 2.45. The Hall–Kier alpha value is -2.21. The summed E-state index contributed by atoms with van der Waals surface area (Å²) < 4.78 is 1.68. The second-order valence-corrected chi connectivity index (χ2v) is 4.98. The van der Waals surface area contributed by atoms with Gasteiger partial charge < -0.3 is 10.6 Å². The van der Waals surface area contributed by atoms with Crippen LogP contribution in [-0.2, 0) is 4.79 Å². The minimum atomic E-state index is 0.0285. The van der Waals surface area contributed by atoms with Gasteiger partial charge in [-0.15, -0.1) is 0 Å². The summed E-state index contributed by atoms with van der Waals surface area (Å²) in [6, 6.07) is 5.74. The highest BCUT2D eigenvalue weighted by Crippen LogP contribution is 2.18. The second kappa shape index (κ2) is 5.42. The molecule has 2 atom stereocenters. The number of nitrogens with zero attached hydrogens (tertiary/aromatic N) is 3. The number of rotatable bonds is 3. The van der Waals surface area contributed by atoms with Gasteiger partial charge in [-0.2, -0.15) is 5.10 Å². The third-order valence-corrected chi connectivity index (χ3v) is 3.62. The number of hydrogen-bond acceptors (Lipinski definition) is 4. The maximum atomic E-state index is 12.1. The van der Waals surface area contributed by atoms with E-state index in [4.69, 9.17) is 0 Å². The summed E-state index contributed by atoms with van der Waals surface area (Å²) in [7, 11) is 0. The first-order valence-electron chi connectivity index (χ1n) is 6.74. The maximum absolute atomic E-state index is 12.1. The highest BCUT2D eigenvalue weighted by molar-refractivity contribution is 5.93. The van der Waals surface area contributed by atoms with Gasteiger partial charge in [0.2, 0.25) is 5.91 Å². The molecule has 2 unspecified atom stereocenters. The van der Waals surface area contributed by atoms with E-state index in [0.717, 1.165) is 18.8 Å². The fraction of sp³-hybridized carbons (Fsp3) is 0.357. The van der Waals surface area contributed by atoms with Crippen LogP contribution in [0.25, 0.3) is 5.82 Å². The predicted octanol–water partition coefficient (Wildman–Crippen LogP) is 1.20. The zero-order valence-corrected chi connectivity index (χ0v) is 11.3. The van der Waals surface area contributed by atoms with Crippen molar-refractivity contribution < 1.29 is 4.79 Å². The van der Waals surface area contributed by atoms with E-state index in [2.05, 4.69) is 20.7 Å². The molecule has 0 aromatic carbocycles. The van der Waals surface area contributed by atoms with Crippen LogP contribution in [0.4, 0.5) is 5.69 Å². The molecule has 20 heavy (non-hydrogen) atoms. The van der Waals surface area contributed by atoms with Crippen LogP contribution in [0, 0.1) is 5.92 Å².